The van der Waals surface area contributed by atoms with E-state index in [-0.39, 0.29) is 11.7 Å². The first kappa shape index (κ1) is 9.21. The molecule has 1 aliphatic heterocycles. The summed E-state index contributed by atoms with van der Waals surface area (Å²) in [6.07, 6.45) is 0.523. The lowest BCUT2D eigenvalue weighted by Gasteiger charge is -2.21. The van der Waals surface area contributed by atoms with E-state index in [4.69, 9.17) is 10.5 Å². The number of nitrogen functional groups attached to an aromatic ring is 1. The molecule has 1 saturated heterocycles. The van der Waals surface area contributed by atoms with Gasteiger partial charge in [-0.2, -0.15) is 0 Å². The molecule has 0 amide bonds. The predicted molar refractivity (Wildman–Crippen MR) is 54.0 cm³/mol. The van der Waals surface area contributed by atoms with Gasteiger partial charge in [0.15, 0.2) is 0 Å². The smallest absolute Gasteiger partial charge is 0.144 e. The summed E-state index contributed by atoms with van der Waals surface area (Å²) >= 11 is 0. The van der Waals surface area contributed by atoms with Crippen molar-refractivity contribution >= 4 is 11.5 Å². The van der Waals surface area contributed by atoms with Crippen LogP contribution in [-0.4, -0.2) is 19.0 Å². The van der Waals surface area contributed by atoms with E-state index in [1.165, 1.54) is 0 Å². The van der Waals surface area contributed by atoms with Gasteiger partial charge in [0, 0.05) is 12.1 Å². The van der Waals surface area contributed by atoms with E-state index >= 15 is 0 Å². The highest BCUT2D eigenvalue weighted by molar-refractivity contribution is 5.86. The molecule has 0 aromatic heterocycles. The standard InChI is InChI=1S/C11H13NO2/c12-9-3-1-8(2-4-9)10-7-14-6-5-11(10)13/h1-4,10H,5-7,12H2. The normalized spacial score (nSPS) is 22.3. The summed E-state index contributed by atoms with van der Waals surface area (Å²) in [6.45, 7) is 1.06. The molecule has 3 heteroatoms. The third-order valence-corrected chi connectivity index (χ3v) is 2.50. The van der Waals surface area contributed by atoms with Crippen LogP contribution in [-0.2, 0) is 9.53 Å². The fourth-order valence-corrected chi connectivity index (χ4v) is 1.65. The number of benzene rings is 1. The summed E-state index contributed by atoms with van der Waals surface area (Å²) in [5.74, 6) is 0.172. The van der Waals surface area contributed by atoms with Crippen LogP contribution in [0.5, 0.6) is 0 Å². The number of hydrogen-bond acceptors (Lipinski definition) is 3. The van der Waals surface area contributed by atoms with Gasteiger partial charge in [-0.25, -0.2) is 0 Å². The van der Waals surface area contributed by atoms with E-state index in [0.29, 0.717) is 19.6 Å². The lowest BCUT2D eigenvalue weighted by Crippen LogP contribution is -2.25. The molecule has 0 spiro atoms. The van der Waals surface area contributed by atoms with E-state index in [0.717, 1.165) is 11.3 Å². The van der Waals surface area contributed by atoms with Crippen LogP contribution in [0.15, 0.2) is 24.3 Å². The van der Waals surface area contributed by atoms with Gasteiger partial charge in [-0.15, -0.1) is 0 Å². The van der Waals surface area contributed by atoms with Gasteiger partial charge in [-0.3, -0.25) is 4.79 Å². The van der Waals surface area contributed by atoms with Crippen molar-refractivity contribution in [3.05, 3.63) is 29.8 Å². The van der Waals surface area contributed by atoms with E-state index in [2.05, 4.69) is 0 Å². The van der Waals surface area contributed by atoms with Crippen LogP contribution in [0.2, 0.25) is 0 Å². The Morgan fingerprint density at radius 1 is 1.29 bits per heavy atom. The zero-order chi connectivity index (χ0) is 9.97. The maximum atomic E-state index is 11.6. The van der Waals surface area contributed by atoms with Crippen LogP contribution >= 0.6 is 0 Å². The fraction of sp³-hybridized carbons (Fsp3) is 0.364. The molecule has 74 valence electrons. The average Bonchev–Trinajstić information content (AvgIpc) is 2.20. The first-order valence-corrected chi connectivity index (χ1v) is 4.73. The van der Waals surface area contributed by atoms with Crippen LogP contribution in [0.25, 0.3) is 0 Å². The molecule has 0 bridgehead atoms. The molecule has 1 fully saturated rings. The second kappa shape index (κ2) is 3.80. The highest BCUT2D eigenvalue weighted by atomic mass is 16.5. The maximum Gasteiger partial charge on any atom is 0.144 e. The Labute approximate surface area is 82.9 Å². The van der Waals surface area contributed by atoms with Crippen molar-refractivity contribution in [3.8, 4) is 0 Å². The number of carbonyl (C=O) groups is 1. The minimum absolute atomic E-state index is 0.0932. The molecular formula is C11H13NO2. The van der Waals surface area contributed by atoms with E-state index in [1.807, 2.05) is 24.3 Å². The van der Waals surface area contributed by atoms with Crippen LogP contribution in [0.4, 0.5) is 5.69 Å². The lowest BCUT2D eigenvalue weighted by molar-refractivity contribution is -0.126. The van der Waals surface area contributed by atoms with Gasteiger partial charge in [0.25, 0.3) is 0 Å². The highest BCUT2D eigenvalue weighted by Gasteiger charge is 2.24. The summed E-state index contributed by atoms with van der Waals surface area (Å²) in [6, 6.07) is 7.42. The molecule has 3 nitrogen and oxygen atoms in total. The largest absolute Gasteiger partial charge is 0.399 e. The van der Waals surface area contributed by atoms with Crippen LogP contribution in [0, 0.1) is 0 Å². The first-order valence-electron chi connectivity index (χ1n) is 4.73. The second-order valence-electron chi connectivity index (χ2n) is 3.51. The van der Waals surface area contributed by atoms with Gasteiger partial charge >= 0.3 is 0 Å². The third kappa shape index (κ3) is 1.77. The van der Waals surface area contributed by atoms with Crippen molar-refractivity contribution in [2.24, 2.45) is 0 Å². The van der Waals surface area contributed by atoms with Crippen molar-refractivity contribution < 1.29 is 9.53 Å². The van der Waals surface area contributed by atoms with Crippen molar-refractivity contribution in [2.75, 3.05) is 18.9 Å². The van der Waals surface area contributed by atoms with Crippen molar-refractivity contribution in [3.63, 3.8) is 0 Å². The number of ketones is 1. The Kier molecular flexibility index (Phi) is 2.50. The van der Waals surface area contributed by atoms with Crippen LogP contribution < -0.4 is 5.73 Å². The Morgan fingerprint density at radius 2 is 2.00 bits per heavy atom. The molecular weight excluding hydrogens is 178 g/mol. The minimum atomic E-state index is -0.0932. The molecule has 14 heavy (non-hydrogen) atoms. The molecule has 2 rings (SSSR count). The third-order valence-electron chi connectivity index (χ3n) is 2.50. The second-order valence-corrected chi connectivity index (χ2v) is 3.51. The molecule has 1 heterocycles. The summed E-state index contributed by atoms with van der Waals surface area (Å²) in [4.78, 5) is 11.6. The molecule has 0 saturated carbocycles. The molecule has 0 radical (unpaired) electrons. The number of hydrogen-bond donors (Lipinski definition) is 1. The molecule has 2 N–H and O–H groups in total. The van der Waals surface area contributed by atoms with Crippen LogP contribution in [0.1, 0.15) is 17.9 Å². The maximum absolute atomic E-state index is 11.6. The Bertz CT molecular complexity index is 332. The highest BCUT2D eigenvalue weighted by Crippen LogP contribution is 2.22. The Hall–Kier alpha value is -1.35. The first-order chi connectivity index (χ1) is 6.77. The molecule has 1 aliphatic rings. The monoisotopic (exact) mass is 191 g/mol. The molecule has 1 atom stereocenters. The topological polar surface area (TPSA) is 52.3 Å². The van der Waals surface area contributed by atoms with Gasteiger partial charge in [-0.1, -0.05) is 12.1 Å². The van der Waals surface area contributed by atoms with E-state index in [9.17, 15) is 4.79 Å². The Balaban J connectivity index is 2.20. The number of ether oxygens (including phenoxy) is 1. The average molecular weight is 191 g/mol. The zero-order valence-electron chi connectivity index (χ0n) is 7.90. The number of anilines is 1. The van der Waals surface area contributed by atoms with Gasteiger partial charge < -0.3 is 10.5 Å². The van der Waals surface area contributed by atoms with Gasteiger partial charge in [-0.05, 0) is 17.7 Å². The molecule has 0 aliphatic carbocycles. The molecule has 1 unspecified atom stereocenters. The number of Topliss-reactive ketones (excluding diaryl/α,β-unsaturated/α-hetero) is 1. The van der Waals surface area contributed by atoms with Gasteiger partial charge in [0.1, 0.15) is 5.78 Å². The SMILES string of the molecule is Nc1ccc(C2COCCC2=O)cc1. The molecule has 1 aromatic carbocycles. The zero-order valence-corrected chi connectivity index (χ0v) is 7.90. The number of carbonyl (C=O) groups excluding carboxylic acids is 1. The van der Waals surface area contributed by atoms with Crippen LogP contribution in [0.3, 0.4) is 0 Å². The fourth-order valence-electron chi connectivity index (χ4n) is 1.65. The van der Waals surface area contributed by atoms with Gasteiger partial charge in [0.05, 0.1) is 19.1 Å². The summed E-state index contributed by atoms with van der Waals surface area (Å²) in [5, 5.41) is 0. The summed E-state index contributed by atoms with van der Waals surface area (Å²) in [5.41, 5.74) is 7.30. The predicted octanol–water partition coefficient (Wildman–Crippen LogP) is 1.34. The Morgan fingerprint density at radius 3 is 2.64 bits per heavy atom. The molecule has 1 aromatic rings. The minimum Gasteiger partial charge on any atom is -0.399 e. The summed E-state index contributed by atoms with van der Waals surface area (Å²) in [7, 11) is 0. The lowest BCUT2D eigenvalue weighted by atomic mass is 9.92. The quantitative estimate of drug-likeness (QED) is 0.681. The van der Waals surface area contributed by atoms with E-state index < -0.39 is 0 Å². The van der Waals surface area contributed by atoms with Crippen molar-refractivity contribution in [1.29, 1.82) is 0 Å². The van der Waals surface area contributed by atoms with E-state index in [1.54, 1.807) is 0 Å². The number of nitrogens with two attached hydrogens (primary N) is 1. The van der Waals surface area contributed by atoms with Crippen molar-refractivity contribution in [1.82, 2.24) is 0 Å². The number of rotatable bonds is 1. The van der Waals surface area contributed by atoms with Crippen molar-refractivity contribution in [2.45, 2.75) is 12.3 Å². The van der Waals surface area contributed by atoms with Gasteiger partial charge in [0.2, 0.25) is 0 Å². The summed E-state index contributed by atoms with van der Waals surface area (Å²) < 4.78 is 5.29.